The number of halogens is 2. The minimum absolute atomic E-state index is 0.0676. The fraction of sp³-hybridized carbons (Fsp3) is 0.846. The lowest BCUT2D eigenvalue weighted by Gasteiger charge is -2.37. The van der Waals surface area contributed by atoms with Crippen LogP contribution >= 0.6 is 0 Å². The molecule has 0 bridgehead atoms. The minimum atomic E-state index is -0.972. The highest BCUT2D eigenvalue weighted by Gasteiger charge is 2.32. The summed E-state index contributed by atoms with van der Waals surface area (Å²) in [7, 11) is 1.33. The van der Waals surface area contributed by atoms with Crippen molar-refractivity contribution in [3.05, 3.63) is 23.2 Å². The molecule has 0 amide bonds. The molecule has 0 spiro atoms. The lowest BCUT2D eigenvalue weighted by atomic mass is 9.77. The van der Waals surface area contributed by atoms with Crippen LogP contribution in [0.25, 0.3) is 0 Å². The lowest BCUT2D eigenvalue weighted by Crippen LogP contribution is -2.34. The van der Waals surface area contributed by atoms with Gasteiger partial charge >= 0.3 is 0 Å². The summed E-state index contributed by atoms with van der Waals surface area (Å²) in [5.41, 5.74) is 0. The topological polar surface area (TPSA) is 27.7 Å². The van der Waals surface area contributed by atoms with Crippen molar-refractivity contribution in [2.24, 2.45) is 17.8 Å². The summed E-state index contributed by atoms with van der Waals surface area (Å²) in [6.45, 7) is 10.8. The van der Waals surface area contributed by atoms with Gasteiger partial charge in [-0.25, -0.2) is 0 Å². The highest BCUT2D eigenvalue weighted by Crippen LogP contribution is 2.37. The first kappa shape index (κ1) is 27.9. The molecule has 2 atom stereocenters. The first-order valence-electron chi connectivity index (χ1n) is 12.5. The predicted molar refractivity (Wildman–Crippen MR) is 124 cm³/mol. The van der Waals surface area contributed by atoms with Gasteiger partial charge in [-0.15, -0.1) is 0 Å². The van der Waals surface area contributed by atoms with E-state index >= 15 is 0 Å². The van der Waals surface area contributed by atoms with Crippen LogP contribution in [0, 0.1) is 17.8 Å². The summed E-state index contributed by atoms with van der Waals surface area (Å²) < 4.78 is 45.0. The molecular weight excluding hydrogens is 398 g/mol. The number of rotatable bonds is 10. The zero-order valence-corrected chi connectivity index (χ0v) is 20.8. The van der Waals surface area contributed by atoms with E-state index in [0.29, 0.717) is 31.0 Å². The van der Waals surface area contributed by atoms with Crippen LogP contribution in [0.15, 0.2) is 23.2 Å². The largest absolute Gasteiger partial charge is 0.498 e. The van der Waals surface area contributed by atoms with Crippen LogP contribution in [-0.4, -0.2) is 26.4 Å². The molecular formula is C26H46F2O3. The molecule has 182 valence electrons. The summed E-state index contributed by atoms with van der Waals surface area (Å²) in [6, 6.07) is 0. The van der Waals surface area contributed by atoms with Gasteiger partial charge in [-0.05, 0) is 69.6 Å². The number of hydrogen-bond donors (Lipinski definition) is 0. The molecule has 3 nitrogen and oxygen atoms in total. The Morgan fingerprint density at radius 3 is 2.10 bits per heavy atom. The van der Waals surface area contributed by atoms with E-state index in [1.54, 1.807) is 6.92 Å². The monoisotopic (exact) mass is 444 g/mol. The zero-order chi connectivity index (χ0) is 23.2. The van der Waals surface area contributed by atoms with E-state index in [1.165, 1.54) is 46.1 Å². The molecule has 31 heavy (non-hydrogen) atoms. The fourth-order valence-corrected chi connectivity index (χ4v) is 4.55. The molecule has 2 aliphatic rings. The molecule has 1 saturated carbocycles. The molecule has 2 unspecified atom stereocenters. The summed E-state index contributed by atoms with van der Waals surface area (Å²) in [6.07, 6.45) is 11.5. The molecule has 5 heteroatoms. The average molecular weight is 445 g/mol. The molecule has 0 N–H and O–H groups in total. The van der Waals surface area contributed by atoms with Crippen LogP contribution < -0.4 is 0 Å². The highest BCUT2D eigenvalue weighted by atomic mass is 19.2. The Morgan fingerprint density at radius 1 is 0.935 bits per heavy atom. The Morgan fingerprint density at radius 2 is 1.58 bits per heavy atom. The zero-order valence-electron chi connectivity index (χ0n) is 20.8. The van der Waals surface area contributed by atoms with Gasteiger partial charge in [0.15, 0.2) is 11.7 Å². The van der Waals surface area contributed by atoms with Gasteiger partial charge in [0.2, 0.25) is 0 Å². The van der Waals surface area contributed by atoms with Crippen LogP contribution in [0.3, 0.4) is 0 Å². The van der Waals surface area contributed by atoms with Crippen molar-refractivity contribution in [2.45, 2.75) is 105 Å². The molecule has 1 heterocycles. The fourth-order valence-electron chi connectivity index (χ4n) is 4.55. The van der Waals surface area contributed by atoms with E-state index in [1.807, 2.05) is 13.8 Å². The summed E-state index contributed by atoms with van der Waals surface area (Å²) >= 11 is 0. The van der Waals surface area contributed by atoms with Gasteiger partial charge in [0.05, 0.1) is 19.8 Å². The van der Waals surface area contributed by atoms with E-state index in [2.05, 4.69) is 6.92 Å². The van der Waals surface area contributed by atoms with Gasteiger partial charge in [-0.2, -0.15) is 8.78 Å². The predicted octanol–water partition coefficient (Wildman–Crippen LogP) is 8.26. The second-order valence-electron chi connectivity index (χ2n) is 8.71. The standard InChI is InChI=1S/C24H40F2O3.C2H6/c1-5-7-8-18-11-14-22(29-15-18)20-12-9-19(10-13-20)16-28-21(6-2)24(26)23(25)17(3)27-4;1-2/h18-20,22H,5-16H2,1-4H3;1-2H3/b23-17-,24-21-;. The van der Waals surface area contributed by atoms with Crippen molar-refractivity contribution in [2.75, 3.05) is 20.3 Å². The van der Waals surface area contributed by atoms with Gasteiger partial charge in [0.25, 0.3) is 0 Å². The summed E-state index contributed by atoms with van der Waals surface area (Å²) in [5, 5.41) is 0. The van der Waals surface area contributed by atoms with E-state index < -0.39 is 11.7 Å². The van der Waals surface area contributed by atoms with E-state index in [9.17, 15) is 8.78 Å². The van der Waals surface area contributed by atoms with Crippen molar-refractivity contribution in [3.63, 3.8) is 0 Å². The summed E-state index contributed by atoms with van der Waals surface area (Å²) in [4.78, 5) is 0. The maximum Gasteiger partial charge on any atom is 0.199 e. The SMILES string of the molecule is CC.CCCCC1CCC(C2CCC(CO/C(CC)=C(F)/C(F)=C(\C)OC)CC2)OC1. The van der Waals surface area contributed by atoms with Crippen molar-refractivity contribution in [1.29, 1.82) is 0 Å². The van der Waals surface area contributed by atoms with Crippen LogP contribution in [0.5, 0.6) is 0 Å². The van der Waals surface area contributed by atoms with Gasteiger partial charge in [0.1, 0.15) is 11.5 Å². The molecule has 1 aliphatic carbocycles. The molecule has 0 aromatic heterocycles. The van der Waals surface area contributed by atoms with Gasteiger partial charge in [-0.1, -0.05) is 40.5 Å². The van der Waals surface area contributed by atoms with Crippen LogP contribution in [0.1, 0.15) is 98.8 Å². The molecule has 1 saturated heterocycles. The van der Waals surface area contributed by atoms with Crippen molar-refractivity contribution < 1.29 is 23.0 Å². The minimum Gasteiger partial charge on any atom is -0.498 e. The third-order valence-corrected chi connectivity index (χ3v) is 6.66. The maximum absolute atomic E-state index is 14.3. The Kier molecular flexibility index (Phi) is 14.1. The normalized spacial score (nSPS) is 28.0. The molecule has 0 aromatic carbocycles. The van der Waals surface area contributed by atoms with Gasteiger partial charge < -0.3 is 14.2 Å². The summed E-state index contributed by atoms with van der Waals surface area (Å²) in [5.74, 6) is -0.107. The molecule has 1 aliphatic heterocycles. The van der Waals surface area contributed by atoms with Crippen molar-refractivity contribution in [1.82, 2.24) is 0 Å². The van der Waals surface area contributed by atoms with Crippen LogP contribution in [-0.2, 0) is 14.2 Å². The Bertz CT molecular complexity index is 543. The molecule has 0 radical (unpaired) electrons. The lowest BCUT2D eigenvalue weighted by molar-refractivity contribution is -0.0615. The Balaban J connectivity index is 0.00000233. The van der Waals surface area contributed by atoms with Crippen LogP contribution in [0.2, 0.25) is 0 Å². The first-order valence-corrected chi connectivity index (χ1v) is 12.5. The number of unbranched alkanes of at least 4 members (excludes halogenated alkanes) is 1. The third kappa shape index (κ3) is 9.11. The van der Waals surface area contributed by atoms with Crippen molar-refractivity contribution in [3.8, 4) is 0 Å². The second-order valence-corrected chi connectivity index (χ2v) is 8.71. The van der Waals surface area contributed by atoms with E-state index in [-0.39, 0.29) is 11.5 Å². The molecule has 0 aromatic rings. The van der Waals surface area contributed by atoms with Gasteiger partial charge in [-0.3, -0.25) is 0 Å². The number of ether oxygens (including phenoxy) is 3. The van der Waals surface area contributed by atoms with Crippen molar-refractivity contribution >= 4 is 0 Å². The van der Waals surface area contributed by atoms with Gasteiger partial charge in [0, 0.05) is 13.0 Å². The number of hydrogen-bond acceptors (Lipinski definition) is 3. The highest BCUT2D eigenvalue weighted by molar-refractivity contribution is 5.24. The average Bonchev–Trinajstić information content (AvgIpc) is 2.84. The maximum atomic E-state index is 14.3. The molecule has 2 fully saturated rings. The smallest absolute Gasteiger partial charge is 0.199 e. The Hall–Kier alpha value is -1.10. The van der Waals surface area contributed by atoms with E-state index in [4.69, 9.17) is 14.2 Å². The number of allylic oxidation sites excluding steroid dienone is 4. The molecule has 2 rings (SSSR count). The quantitative estimate of drug-likeness (QED) is 0.251. The number of methoxy groups -OCH3 is 1. The third-order valence-electron chi connectivity index (χ3n) is 6.66. The Labute approximate surface area is 189 Å². The first-order chi connectivity index (χ1) is 15.0. The van der Waals surface area contributed by atoms with Crippen LogP contribution in [0.4, 0.5) is 8.78 Å². The second kappa shape index (κ2) is 15.7. The van der Waals surface area contributed by atoms with E-state index in [0.717, 1.165) is 38.2 Å².